The maximum atomic E-state index is 13.7. The van der Waals surface area contributed by atoms with E-state index in [-0.39, 0.29) is 5.82 Å². The quantitative estimate of drug-likeness (QED) is 0.891. The van der Waals surface area contributed by atoms with E-state index in [9.17, 15) is 9.50 Å². The Labute approximate surface area is 97.4 Å². The van der Waals surface area contributed by atoms with Gasteiger partial charge in [0.05, 0.1) is 10.6 Å². The van der Waals surface area contributed by atoms with E-state index in [1.807, 2.05) is 0 Å². The Kier molecular flexibility index (Phi) is 4.25. The van der Waals surface area contributed by atoms with Gasteiger partial charge in [-0.3, -0.25) is 0 Å². The molecule has 1 unspecified atom stereocenters. The summed E-state index contributed by atoms with van der Waals surface area (Å²) >= 11 is 3.17. The molecule has 4 heteroatoms. The number of benzene rings is 1. The summed E-state index contributed by atoms with van der Waals surface area (Å²) in [6.45, 7) is 3.84. The minimum atomic E-state index is -0.684. The molecule has 1 rings (SSSR count). The highest BCUT2D eigenvalue weighted by molar-refractivity contribution is 9.10. The highest BCUT2D eigenvalue weighted by Gasteiger charge is 2.16. The number of halogens is 2. The summed E-state index contributed by atoms with van der Waals surface area (Å²) in [5.41, 5.74) is 7.25. The summed E-state index contributed by atoms with van der Waals surface area (Å²) < 4.78 is 14.1. The Hall–Kier alpha value is -0.450. The number of hydrogen-bond donors (Lipinski definition) is 2. The zero-order valence-electron chi connectivity index (χ0n) is 8.85. The minimum absolute atomic E-state index is 0.305. The average molecular weight is 276 g/mol. The van der Waals surface area contributed by atoms with Gasteiger partial charge in [0.2, 0.25) is 0 Å². The van der Waals surface area contributed by atoms with E-state index in [2.05, 4.69) is 15.9 Å². The van der Waals surface area contributed by atoms with Gasteiger partial charge in [0.25, 0.3) is 0 Å². The van der Waals surface area contributed by atoms with E-state index >= 15 is 0 Å². The second-order valence-electron chi connectivity index (χ2n) is 3.63. The van der Waals surface area contributed by atoms with Gasteiger partial charge in [0.15, 0.2) is 0 Å². The number of hydrogen-bond acceptors (Lipinski definition) is 2. The monoisotopic (exact) mass is 275 g/mol. The van der Waals surface area contributed by atoms with E-state index in [1.54, 1.807) is 19.9 Å². The topological polar surface area (TPSA) is 46.2 Å². The van der Waals surface area contributed by atoms with Gasteiger partial charge in [-0.1, -0.05) is 6.07 Å². The van der Waals surface area contributed by atoms with Crippen LogP contribution in [0.5, 0.6) is 0 Å². The van der Waals surface area contributed by atoms with Crippen LogP contribution in [0.3, 0.4) is 0 Å². The van der Waals surface area contributed by atoms with Crippen molar-refractivity contribution in [3.8, 4) is 0 Å². The highest BCUT2D eigenvalue weighted by Crippen LogP contribution is 2.30. The lowest BCUT2D eigenvalue weighted by atomic mass is 9.98. The molecule has 0 fully saturated rings. The first-order valence-corrected chi connectivity index (χ1v) is 5.61. The van der Waals surface area contributed by atoms with Crippen molar-refractivity contribution in [2.24, 2.45) is 5.73 Å². The van der Waals surface area contributed by atoms with Crippen molar-refractivity contribution in [1.29, 1.82) is 0 Å². The molecular formula is C11H15BrFNO. The predicted molar refractivity (Wildman–Crippen MR) is 62.2 cm³/mol. The second-order valence-corrected chi connectivity index (χ2v) is 4.42. The average Bonchev–Trinajstić information content (AvgIpc) is 2.20. The van der Waals surface area contributed by atoms with Crippen LogP contribution in [0.4, 0.5) is 4.39 Å². The summed E-state index contributed by atoms with van der Waals surface area (Å²) in [5, 5.41) is 9.78. The molecule has 0 radical (unpaired) electrons. The van der Waals surface area contributed by atoms with Crippen molar-refractivity contribution in [3.63, 3.8) is 0 Å². The van der Waals surface area contributed by atoms with Gasteiger partial charge >= 0.3 is 0 Å². The van der Waals surface area contributed by atoms with Crippen molar-refractivity contribution in [2.75, 3.05) is 6.54 Å². The van der Waals surface area contributed by atoms with Gasteiger partial charge in [-0.25, -0.2) is 4.39 Å². The van der Waals surface area contributed by atoms with E-state index in [0.717, 1.165) is 5.56 Å². The molecule has 84 valence electrons. The molecule has 3 N–H and O–H groups in total. The molecule has 0 saturated carbocycles. The van der Waals surface area contributed by atoms with Gasteiger partial charge in [0.1, 0.15) is 5.82 Å². The van der Waals surface area contributed by atoms with Crippen LogP contribution in [0.15, 0.2) is 10.5 Å². The molecule has 0 heterocycles. The summed E-state index contributed by atoms with van der Waals surface area (Å²) in [5.74, 6) is -0.305. The molecular weight excluding hydrogens is 261 g/mol. The molecule has 0 aliphatic carbocycles. The predicted octanol–water partition coefficient (Wildman–Crippen LogP) is 2.59. The Morgan fingerprint density at radius 1 is 1.53 bits per heavy atom. The number of aliphatic hydroxyl groups excluding tert-OH is 1. The van der Waals surface area contributed by atoms with Crippen molar-refractivity contribution >= 4 is 15.9 Å². The molecule has 0 spiro atoms. The molecule has 0 bridgehead atoms. The van der Waals surface area contributed by atoms with Crippen LogP contribution in [0.1, 0.15) is 29.2 Å². The molecule has 0 aliphatic rings. The maximum Gasteiger partial charge on any atom is 0.140 e. The van der Waals surface area contributed by atoms with Crippen LogP contribution in [-0.4, -0.2) is 11.7 Å². The number of aliphatic hydroxyl groups is 1. The third kappa shape index (κ3) is 2.56. The summed E-state index contributed by atoms with van der Waals surface area (Å²) in [7, 11) is 0. The third-order valence-corrected chi connectivity index (χ3v) is 3.45. The summed E-state index contributed by atoms with van der Waals surface area (Å²) in [6.07, 6.45) is -0.238. The first-order chi connectivity index (χ1) is 6.99. The fraction of sp³-hybridized carbons (Fsp3) is 0.455. The van der Waals surface area contributed by atoms with Crippen LogP contribution in [0, 0.1) is 19.7 Å². The van der Waals surface area contributed by atoms with Crippen molar-refractivity contribution in [2.45, 2.75) is 26.4 Å². The first-order valence-electron chi connectivity index (χ1n) is 4.82. The largest absolute Gasteiger partial charge is 0.388 e. The van der Waals surface area contributed by atoms with Crippen LogP contribution >= 0.6 is 15.9 Å². The highest BCUT2D eigenvalue weighted by atomic mass is 79.9. The first kappa shape index (κ1) is 12.6. The Bertz CT molecular complexity index is 368. The number of rotatable bonds is 3. The molecule has 1 atom stereocenters. The van der Waals surface area contributed by atoms with Crippen LogP contribution in [0.25, 0.3) is 0 Å². The lowest BCUT2D eigenvalue weighted by Crippen LogP contribution is -2.09. The minimum Gasteiger partial charge on any atom is -0.388 e. The van der Waals surface area contributed by atoms with Gasteiger partial charge < -0.3 is 10.8 Å². The maximum absolute atomic E-state index is 13.7. The fourth-order valence-electron chi connectivity index (χ4n) is 1.53. The number of aryl methyl sites for hydroxylation is 1. The fourth-order valence-corrected chi connectivity index (χ4v) is 1.94. The lowest BCUT2D eigenvalue weighted by molar-refractivity contribution is 0.169. The van der Waals surface area contributed by atoms with Gasteiger partial charge in [-0.15, -0.1) is 0 Å². The molecule has 0 aliphatic heterocycles. The van der Waals surface area contributed by atoms with E-state index in [4.69, 9.17) is 5.73 Å². The third-order valence-electron chi connectivity index (χ3n) is 2.47. The summed E-state index contributed by atoms with van der Waals surface area (Å²) in [4.78, 5) is 0. The van der Waals surface area contributed by atoms with E-state index in [0.29, 0.717) is 28.6 Å². The Morgan fingerprint density at radius 3 is 2.67 bits per heavy atom. The van der Waals surface area contributed by atoms with Crippen molar-refractivity contribution in [3.05, 3.63) is 33.0 Å². The lowest BCUT2D eigenvalue weighted by Gasteiger charge is -2.15. The van der Waals surface area contributed by atoms with Gasteiger partial charge in [-0.05, 0) is 59.4 Å². The zero-order valence-corrected chi connectivity index (χ0v) is 10.4. The molecule has 2 nitrogen and oxygen atoms in total. The molecule has 0 amide bonds. The standard InChI is InChI=1S/C11H15BrFNO/c1-6-5-8(9(15)3-4-14)7(2)11(13)10(6)12/h5,9,15H,3-4,14H2,1-2H3. The van der Waals surface area contributed by atoms with E-state index < -0.39 is 6.10 Å². The molecule has 1 aromatic rings. The molecule has 0 aromatic heterocycles. The SMILES string of the molecule is Cc1cc(C(O)CCN)c(C)c(F)c1Br. The van der Waals surface area contributed by atoms with Crippen LogP contribution in [-0.2, 0) is 0 Å². The van der Waals surface area contributed by atoms with Crippen LogP contribution < -0.4 is 5.73 Å². The molecule has 15 heavy (non-hydrogen) atoms. The van der Waals surface area contributed by atoms with Crippen molar-refractivity contribution < 1.29 is 9.50 Å². The normalized spacial score (nSPS) is 12.9. The Balaban J connectivity index is 3.19. The van der Waals surface area contributed by atoms with Gasteiger partial charge in [-0.2, -0.15) is 0 Å². The van der Waals surface area contributed by atoms with Crippen molar-refractivity contribution in [1.82, 2.24) is 0 Å². The smallest absolute Gasteiger partial charge is 0.140 e. The van der Waals surface area contributed by atoms with Crippen LogP contribution in [0.2, 0.25) is 0 Å². The van der Waals surface area contributed by atoms with Gasteiger partial charge in [0, 0.05) is 0 Å². The van der Waals surface area contributed by atoms with E-state index in [1.165, 1.54) is 0 Å². The number of nitrogens with two attached hydrogens (primary N) is 1. The molecule has 0 saturated heterocycles. The summed E-state index contributed by atoms with van der Waals surface area (Å²) in [6, 6.07) is 1.79. The second kappa shape index (κ2) is 5.05. The molecule has 1 aromatic carbocycles. The Morgan fingerprint density at radius 2 is 2.13 bits per heavy atom. The zero-order chi connectivity index (χ0) is 11.6.